The molecule has 178 valence electrons. The normalized spacial score (nSPS) is 14.9. The van der Waals surface area contributed by atoms with E-state index in [4.69, 9.17) is 9.97 Å². The number of nitrogens with one attached hydrogen (secondary N) is 1. The summed E-state index contributed by atoms with van der Waals surface area (Å²) in [5.41, 5.74) is 2.00. The molecule has 0 saturated carbocycles. The number of fused-ring (bicyclic) bond motifs is 1. The van der Waals surface area contributed by atoms with Crippen LogP contribution in [0.25, 0.3) is 17.0 Å². The first-order chi connectivity index (χ1) is 16.6. The first kappa shape index (κ1) is 23.9. The second kappa shape index (κ2) is 11.7. The Morgan fingerprint density at radius 3 is 2.50 bits per heavy atom. The van der Waals surface area contributed by atoms with Crippen molar-refractivity contribution < 1.29 is 4.79 Å². The molecule has 0 aliphatic carbocycles. The molecule has 1 N–H and O–H groups in total. The maximum Gasteiger partial charge on any atom is 0.246 e. The van der Waals surface area contributed by atoms with Crippen molar-refractivity contribution in [3.05, 3.63) is 72.1 Å². The maximum atomic E-state index is 12.6. The van der Waals surface area contributed by atoms with Gasteiger partial charge in [0, 0.05) is 44.2 Å². The third-order valence-electron chi connectivity index (χ3n) is 5.99. The molecule has 7 nitrogen and oxygen atoms in total. The highest BCUT2D eigenvalue weighted by Crippen LogP contribution is 2.21. The maximum absolute atomic E-state index is 12.6. The summed E-state index contributed by atoms with van der Waals surface area (Å²) in [6.45, 7) is 5.63. The van der Waals surface area contributed by atoms with Crippen molar-refractivity contribution in [2.24, 2.45) is 0 Å². The van der Waals surface area contributed by atoms with Crippen LogP contribution in [0.1, 0.15) is 17.8 Å². The van der Waals surface area contributed by atoms with Crippen molar-refractivity contribution in [3.63, 3.8) is 0 Å². The highest BCUT2D eigenvalue weighted by atomic mass is 16.2. The van der Waals surface area contributed by atoms with E-state index in [-0.39, 0.29) is 5.91 Å². The van der Waals surface area contributed by atoms with Crippen molar-refractivity contribution in [1.29, 1.82) is 0 Å². The van der Waals surface area contributed by atoms with E-state index in [2.05, 4.69) is 35.3 Å². The van der Waals surface area contributed by atoms with Gasteiger partial charge >= 0.3 is 0 Å². The summed E-state index contributed by atoms with van der Waals surface area (Å²) in [5, 5.41) is 4.57. The summed E-state index contributed by atoms with van der Waals surface area (Å²) in [6, 6.07) is 18.1. The lowest BCUT2D eigenvalue weighted by atomic mass is 10.2. The van der Waals surface area contributed by atoms with Gasteiger partial charge in [0.2, 0.25) is 5.91 Å². The van der Waals surface area contributed by atoms with Crippen LogP contribution >= 0.6 is 0 Å². The van der Waals surface area contributed by atoms with E-state index in [0.717, 1.165) is 60.7 Å². The van der Waals surface area contributed by atoms with Crippen molar-refractivity contribution in [1.82, 2.24) is 24.7 Å². The van der Waals surface area contributed by atoms with Crippen molar-refractivity contribution >= 4 is 28.7 Å². The van der Waals surface area contributed by atoms with Crippen LogP contribution in [0.3, 0.4) is 0 Å². The third kappa shape index (κ3) is 6.62. The van der Waals surface area contributed by atoms with Gasteiger partial charge in [0.05, 0.1) is 12.1 Å². The number of nitrogens with zero attached hydrogens (tertiary/aromatic N) is 5. The number of anilines is 1. The zero-order valence-corrected chi connectivity index (χ0v) is 20.2. The van der Waals surface area contributed by atoms with E-state index < -0.39 is 0 Å². The quantitative estimate of drug-likeness (QED) is 0.392. The van der Waals surface area contributed by atoms with E-state index in [0.29, 0.717) is 19.6 Å². The minimum Gasteiger partial charge on any atom is -0.369 e. The number of para-hydroxylation sites is 1. The predicted molar refractivity (Wildman–Crippen MR) is 139 cm³/mol. The van der Waals surface area contributed by atoms with Gasteiger partial charge in [-0.15, -0.1) is 0 Å². The largest absolute Gasteiger partial charge is 0.369 e. The molecule has 0 bridgehead atoms. The first-order valence-corrected chi connectivity index (χ1v) is 12.0. The molecule has 34 heavy (non-hydrogen) atoms. The second-order valence-electron chi connectivity index (χ2n) is 8.93. The van der Waals surface area contributed by atoms with Crippen molar-refractivity contribution in [2.45, 2.75) is 13.0 Å². The topological polar surface area (TPSA) is 64.6 Å². The summed E-state index contributed by atoms with van der Waals surface area (Å²) >= 11 is 0. The molecular formula is C27H34N6O. The molecule has 0 atom stereocenters. The molecule has 1 aliphatic heterocycles. The number of aromatic nitrogens is 2. The van der Waals surface area contributed by atoms with E-state index in [1.165, 1.54) is 0 Å². The zero-order chi connectivity index (χ0) is 23.8. The fraction of sp³-hybridized carbons (Fsp3) is 0.370. The Hall–Kier alpha value is -3.29. The molecule has 7 heteroatoms. The number of piperazine rings is 1. The molecule has 0 radical (unpaired) electrons. The fourth-order valence-corrected chi connectivity index (χ4v) is 4.10. The fourth-order valence-electron chi connectivity index (χ4n) is 4.10. The van der Waals surface area contributed by atoms with Crippen LogP contribution in [0, 0.1) is 0 Å². The molecule has 1 saturated heterocycles. The molecule has 1 amide bonds. The number of hydrogen-bond acceptors (Lipinski definition) is 6. The molecule has 0 unspecified atom stereocenters. The summed E-state index contributed by atoms with van der Waals surface area (Å²) in [4.78, 5) is 28.7. The lowest BCUT2D eigenvalue weighted by molar-refractivity contribution is -0.127. The van der Waals surface area contributed by atoms with Gasteiger partial charge in [-0.1, -0.05) is 42.5 Å². The van der Waals surface area contributed by atoms with Gasteiger partial charge in [0.25, 0.3) is 0 Å². The molecule has 1 aliphatic rings. The number of benzene rings is 2. The number of carbonyl (C=O) groups is 1. The molecule has 1 aromatic heterocycles. The van der Waals surface area contributed by atoms with Gasteiger partial charge in [-0.25, -0.2) is 9.97 Å². The van der Waals surface area contributed by atoms with Gasteiger partial charge < -0.3 is 15.1 Å². The minimum atomic E-state index is 0.0645. The Bertz CT molecular complexity index is 1110. The average molecular weight is 459 g/mol. The van der Waals surface area contributed by atoms with E-state index in [1.807, 2.05) is 59.5 Å². The molecule has 3 aromatic rings. The number of rotatable bonds is 9. The predicted octanol–water partition coefficient (Wildman–Crippen LogP) is 3.35. The summed E-state index contributed by atoms with van der Waals surface area (Å²) < 4.78 is 0. The highest BCUT2D eigenvalue weighted by Gasteiger charge is 2.21. The lowest BCUT2D eigenvalue weighted by Crippen LogP contribution is -2.48. The van der Waals surface area contributed by atoms with Gasteiger partial charge in [0.15, 0.2) is 0 Å². The lowest BCUT2D eigenvalue weighted by Gasteiger charge is -2.33. The molecule has 4 rings (SSSR count). The SMILES string of the molecule is CN(C)CCCNc1nc(CN2CCN(C(=O)C=Cc3ccccc3)CC2)nc2ccccc12. The van der Waals surface area contributed by atoms with Gasteiger partial charge in [-0.2, -0.15) is 0 Å². The smallest absolute Gasteiger partial charge is 0.246 e. The van der Waals surface area contributed by atoms with Crippen molar-refractivity contribution in [3.8, 4) is 0 Å². The van der Waals surface area contributed by atoms with Crippen LogP contribution in [-0.2, 0) is 11.3 Å². The third-order valence-corrected chi connectivity index (χ3v) is 5.99. The monoisotopic (exact) mass is 458 g/mol. The summed E-state index contributed by atoms with van der Waals surface area (Å²) in [6.07, 6.45) is 4.60. The summed E-state index contributed by atoms with van der Waals surface area (Å²) in [7, 11) is 4.18. The Morgan fingerprint density at radius 2 is 1.74 bits per heavy atom. The number of carbonyl (C=O) groups excluding carboxylic acids is 1. The Morgan fingerprint density at radius 1 is 1.00 bits per heavy atom. The van der Waals surface area contributed by atoms with Crippen LogP contribution in [0.15, 0.2) is 60.7 Å². The first-order valence-electron chi connectivity index (χ1n) is 12.0. The van der Waals surface area contributed by atoms with Gasteiger partial charge in [-0.3, -0.25) is 9.69 Å². The van der Waals surface area contributed by atoms with Crippen molar-refractivity contribution in [2.75, 3.05) is 58.7 Å². The number of hydrogen-bond donors (Lipinski definition) is 1. The van der Waals surface area contributed by atoms with E-state index in [9.17, 15) is 4.79 Å². The van der Waals surface area contributed by atoms with E-state index >= 15 is 0 Å². The molecule has 0 spiro atoms. The van der Waals surface area contributed by atoms with E-state index in [1.54, 1.807) is 6.08 Å². The highest BCUT2D eigenvalue weighted by molar-refractivity contribution is 5.92. The average Bonchev–Trinajstić information content (AvgIpc) is 2.86. The molecular weight excluding hydrogens is 424 g/mol. The van der Waals surface area contributed by atoms with Gasteiger partial charge in [-0.05, 0) is 50.8 Å². The van der Waals surface area contributed by atoms with Crippen LogP contribution in [0.4, 0.5) is 5.82 Å². The Labute approximate surface area is 202 Å². The number of amides is 1. The standard InChI is InChI=1S/C27H34N6O/c1-31(2)16-8-15-28-27-23-11-6-7-12-24(23)29-25(30-27)21-32-17-19-33(20-18-32)26(34)14-13-22-9-4-3-5-10-22/h3-7,9-14H,8,15-21H2,1-2H3,(H,28,29,30). The minimum absolute atomic E-state index is 0.0645. The Balaban J connectivity index is 1.35. The zero-order valence-electron chi connectivity index (χ0n) is 20.2. The van der Waals surface area contributed by atoms with Crippen LogP contribution in [0.2, 0.25) is 0 Å². The van der Waals surface area contributed by atoms with Crippen LogP contribution in [0.5, 0.6) is 0 Å². The Kier molecular flexibility index (Phi) is 8.22. The molecule has 2 heterocycles. The van der Waals surface area contributed by atoms with Crippen LogP contribution in [-0.4, -0.2) is 83.9 Å². The second-order valence-corrected chi connectivity index (χ2v) is 8.93. The molecule has 2 aromatic carbocycles. The summed E-state index contributed by atoms with van der Waals surface area (Å²) in [5.74, 6) is 1.78. The molecule has 1 fully saturated rings. The van der Waals surface area contributed by atoms with Gasteiger partial charge in [0.1, 0.15) is 11.6 Å². The van der Waals surface area contributed by atoms with Crippen LogP contribution < -0.4 is 5.32 Å².